The van der Waals surface area contributed by atoms with Crippen LogP contribution in [0, 0.1) is 5.82 Å². The molecule has 152 valence electrons. The van der Waals surface area contributed by atoms with Crippen molar-refractivity contribution >= 4 is 28.6 Å². The Balaban J connectivity index is 1.75. The van der Waals surface area contributed by atoms with Gasteiger partial charge < -0.3 is 10.2 Å². The summed E-state index contributed by atoms with van der Waals surface area (Å²) in [6.45, 7) is 4.82. The zero-order chi connectivity index (χ0) is 20.7. The van der Waals surface area contributed by atoms with Crippen molar-refractivity contribution in [2.75, 3.05) is 24.5 Å². The molecule has 4 heterocycles. The summed E-state index contributed by atoms with van der Waals surface area (Å²) in [7, 11) is 0. The van der Waals surface area contributed by atoms with E-state index in [1.54, 1.807) is 29.1 Å². The highest BCUT2D eigenvalue weighted by Gasteiger charge is 2.23. The molecule has 0 spiro atoms. The molecule has 4 aromatic rings. The van der Waals surface area contributed by atoms with Gasteiger partial charge in [-0.2, -0.15) is 10.2 Å². The van der Waals surface area contributed by atoms with Gasteiger partial charge in [0.1, 0.15) is 23.0 Å². The Kier molecular flexibility index (Phi) is 4.80. The quantitative estimate of drug-likeness (QED) is 0.544. The van der Waals surface area contributed by atoms with Crippen LogP contribution < -0.4 is 10.2 Å². The molecule has 30 heavy (non-hydrogen) atoms. The molecule has 7 nitrogen and oxygen atoms in total. The lowest BCUT2D eigenvalue weighted by atomic mass is 10.2. The minimum absolute atomic E-state index is 0.300. The molecule has 1 aromatic carbocycles. The smallest absolute Gasteiger partial charge is 0.167 e. The first-order valence-corrected chi connectivity index (χ1v) is 10.1. The minimum Gasteiger partial charge on any atom is -0.351 e. The molecule has 0 saturated carbocycles. The highest BCUT2D eigenvalue weighted by Crippen LogP contribution is 2.32. The fraction of sp³-hybridized carbons (Fsp3) is 0.238. The van der Waals surface area contributed by atoms with Gasteiger partial charge in [-0.3, -0.25) is 4.57 Å². The van der Waals surface area contributed by atoms with Crippen molar-refractivity contribution < 1.29 is 4.39 Å². The molecule has 1 aliphatic rings. The van der Waals surface area contributed by atoms with Crippen LogP contribution >= 0.6 is 11.6 Å². The summed E-state index contributed by atoms with van der Waals surface area (Å²) in [4.78, 5) is 11.9. The van der Waals surface area contributed by atoms with E-state index in [2.05, 4.69) is 32.3 Å². The topological polar surface area (TPSA) is 71.8 Å². The van der Waals surface area contributed by atoms with E-state index < -0.39 is 5.82 Å². The van der Waals surface area contributed by atoms with Crippen molar-refractivity contribution in [3.8, 4) is 17.1 Å². The second-order valence-corrected chi connectivity index (χ2v) is 7.69. The van der Waals surface area contributed by atoms with Gasteiger partial charge in [-0.25, -0.2) is 14.4 Å². The summed E-state index contributed by atoms with van der Waals surface area (Å²) in [6.07, 6.45) is 3.19. The largest absolute Gasteiger partial charge is 0.351 e. The first-order valence-electron chi connectivity index (χ1n) is 9.71. The number of benzene rings is 1. The lowest BCUT2D eigenvalue weighted by Gasteiger charge is -2.34. The number of fused-ring (bicyclic) bond motifs is 1. The third-order valence-electron chi connectivity index (χ3n) is 5.28. The van der Waals surface area contributed by atoms with Crippen LogP contribution in [-0.2, 0) is 0 Å². The van der Waals surface area contributed by atoms with Crippen LogP contribution in [0.2, 0.25) is 5.02 Å². The van der Waals surface area contributed by atoms with Crippen molar-refractivity contribution in [3.63, 3.8) is 0 Å². The number of halogens is 2. The molecule has 0 unspecified atom stereocenters. The van der Waals surface area contributed by atoms with E-state index in [0.29, 0.717) is 39.3 Å². The Labute approximate surface area is 177 Å². The predicted molar refractivity (Wildman–Crippen MR) is 115 cm³/mol. The maximum absolute atomic E-state index is 14.7. The minimum atomic E-state index is -0.408. The van der Waals surface area contributed by atoms with Crippen LogP contribution in [0.4, 0.5) is 10.2 Å². The Morgan fingerprint density at radius 3 is 2.83 bits per heavy atom. The molecular weight excluding hydrogens is 405 g/mol. The molecular formula is C21H19ClFN7. The number of piperazine rings is 1. The number of aromatic nitrogens is 5. The molecule has 0 radical (unpaired) electrons. The molecule has 1 aliphatic heterocycles. The fourth-order valence-electron chi connectivity index (χ4n) is 3.80. The molecule has 0 amide bonds. The zero-order valence-corrected chi connectivity index (χ0v) is 17.0. The highest BCUT2D eigenvalue weighted by molar-refractivity contribution is 6.30. The Hall–Kier alpha value is -3.10. The van der Waals surface area contributed by atoms with Crippen molar-refractivity contribution in [2.45, 2.75) is 13.0 Å². The molecule has 5 rings (SSSR count). The van der Waals surface area contributed by atoms with Gasteiger partial charge in [-0.1, -0.05) is 11.6 Å². The Morgan fingerprint density at radius 1 is 1.13 bits per heavy atom. The van der Waals surface area contributed by atoms with Crippen LogP contribution in [0.25, 0.3) is 28.2 Å². The average molecular weight is 424 g/mol. The Bertz CT molecular complexity index is 1210. The van der Waals surface area contributed by atoms with Crippen molar-refractivity contribution in [1.82, 2.24) is 30.0 Å². The number of anilines is 1. The highest BCUT2D eigenvalue weighted by atomic mass is 35.5. The number of pyridine rings is 1. The molecule has 0 aliphatic carbocycles. The normalized spacial score (nSPS) is 16.9. The maximum Gasteiger partial charge on any atom is 0.167 e. The van der Waals surface area contributed by atoms with Crippen LogP contribution in [0.1, 0.15) is 6.92 Å². The lowest BCUT2D eigenvalue weighted by Crippen LogP contribution is -2.50. The van der Waals surface area contributed by atoms with E-state index in [-0.39, 0.29) is 0 Å². The van der Waals surface area contributed by atoms with Crippen LogP contribution in [0.15, 0.2) is 48.8 Å². The second kappa shape index (κ2) is 7.62. The number of nitrogens with one attached hydrogen (secondary N) is 1. The predicted octanol–water partition coefficient (Wildman–Crippen LogP) is 3.47. The van der Waals surface area contributed by atoms with Gasteiger partial charge in [-0.05, 0) is 43.3 Å². The van der Waals surface area contributed by atoms with E-state index in [9.17, 15) is 4.39 Å². The van der Waals surface area contributed by atoms with Gasteiger partial charge in [0.15, 0.2) is 5.65 Å². The van der Waals surface area contributed by atoms with Gasteiger partial charge in [-0.15, -0.1) is 0 Å². The van der Waals surface area contributed by atoms with E-state index in [1.165, 1.54) is 12.1 Å². The van der Waals surface area contributed by atoms with Gasteiger partial charge in [0.25, 0.3) is 0 Å². The number of rotatable bonds is 3. The molecule has 1 atom stereocenters. The summed E-state index contributed by atoms with van der Waals surface area (Å²) in [6, 6.07) is 10.4. The zero-order valence-electron chi connectivity index (χ0n) is 16.3. The Morgan fingerprint density at radius 2 is 2.03 bits per heavy atom. The molecule has 1 fully saturated rings. The van der Waals surface area contributed by atoms with Crippen molar-refractivity contribution in [2.24, 2.45) is 0 Å². The van der Waals surface area contributed by atoms with E-state index >= 15 is 0 Å². The number of hydrogen-bond donors (Lipinski definition) is 1. The number of nitrogens with zero attached hydrogens (tertiary/aromatic N) is 6. The summed E-state index contributed by atoms with van der Waals surface area (Å²) in [5.41, 5.74) is 2.28. The molecule has 3 aromatic heterocycles. The third-order valence-corrected chi connectivity index (χ3v) is 5.52. The average Bonchev–Trinajstić information content (AvgIpc) is 3.15. The summed E-state index contributed by atoms with van der Waals surface area (Å²) < 4.78 is 16.5. The van der Waals surface area contributed by atoms with Gasteiger partial charge in [0.2, 0.25) is 0 Å². The first kappa shape index (κ1) is 18.9. The van der Waals surface area contributed by atoms with Crippen LogP contribution in [-0.4, -0.2) is 50.4 Å². The van der Waals surface area contributed by atoms with E-state index in [0.717, 1.165) is 25.5 Å². The standard InChI is InChI=1S/C21H19ClFN7/c1-13-11-24-8-9-29(13)19-5-4-18-21(28-19)30(15-6-7-25-26-12-15)20(27-18)16-10-14(22)2-3-17(16)23/h2-7,10,12-13,24H,8-9,11H2,1H3/t13-/m1/s1. The molecule has 9 heteroatoms. The molecule has 0 bridgehead atoms. The van der Waals surface area contributed by atoms with Crippen LogP contribution in [0.5, 0.6) is 0 Å². The summed E-state index contributed by atoms with van der Waals surface area (Å²) in [5.74, 6) is 0.864. The number of hydrogen-bond acceptors (Lipinski definition) is 6. The monoisotopic (exact) mass is 423 g/mol. The van der Waals surface area contributed by atoms with E-state index in [4.69, 9.17) is 16.6 Å². The first-order chi connectivity index (χ1) is 14.6. The van der Waals surface area contributed by atoms with Crippen LogP contribution in [0.3, 0.4) is 0 Å². The summed E-state index contributed by atoms with van der Waals surface area (Å²) in [5, 5.41) is 11.7. The number of imidazole rings is 1. The summed E-state index contributed by atoms with van der Waals surface area (Å²) >= 11 is 6.15. The van der Waals surface area contributed by atoms with Crippen molar-refractivity contribution in [3.05, 3.63) is 59.6 Å². The maximum atomic E-state index is 14.7. The molecule has 1 saturated heterocycles. The second-order valence-electron chi connectivity index (χ2n) is 7.25. The van der Waals surface area contributed by atoms with Crippen molar-refractivity contribution in [1.29, 1.82) is 0 Å². The fourth-order valence-corrected chi connectivity index (χ4v) is 3.97. The molecule has 1 N–H and O–H groups in total. The lowest BCUT2D eigenvalue weighted by molar-refractivity contribution is 0.497. The van der Waals surface area contributed by atoms with Gasteiger partial charge in [0.05, 0.1) is 23.6 Å². The van der Waals surface area contributed by atoms with E-state index in [1.807, 2.05) is 12.1 Å². The third kappa shape index (κ3) is 3.28. The SMILES string of the molecule is C[C@@H]1CNCCN1c1ccc2nc(-c3cc(Cl)ccc3F)n(-c3ccnnc3)c2n1. The van der Waals surface area contributed by atoms with Gasteiger partial charge >= 0.3 is 0 Å². The van der Waals surface area contributed by atoms with Gasteiger partial charge in [0, 0.05) is 30.7 Å².